The van der Waals surface area contributed by atoms with Crippen molar-refractivity contribution in [1.29, 1.82) is 0 Å². The third-order valence-electron chi connectivity index (χ3n) is 2.40. The Kier molecular flexibility index (Phi) is 4.15. The molecule has 0 fully saturated rings. The molecule has 0 spiro atoms. The fraction of sp³-hybridized carbons (Fsp3) is 0.308. The van der Waals surface area contributed by atoms with Crippen molar-refractivity contribution in [3.8, 4) is 11.5 Å². The lowest BCUT2D eigenvalue weighted by molar-refractivity contribution is 0.0693. The first-order valence-corrected chi connectivity index (χ1v) is 5.22. The molecule has 0 radical (unpaired) electrons. The molecule has 1 aromatic carbocycles. The van der Waals surface area contributed by atoms with Gasteiger partial charge in [-0.05, 0) is 32.4 Å². The Morgan fingerprint density at radius 2 is 2.06 bits per heavy atom. The van der Waals surface area contributed by atoms with Gasteiger partial charge >= 0.3 is 5.97 Å². The summed E-state index contributed by atoms with van der Waals surface area (Å²) in [6.45, 7) is 3.87. The van der Waals surface area contributed by atoms with E-state index in [1.54, 1.807) is 6.07 Å². The third kappa shape index (κ3) is 3.00. The molecule has 0 heterocycles. The zero-order valence-corrected chi connectivity index (χ0v) is 10.2. The summed E-state index contributed by atoms with van der Waals surface area (Å²) >= 11 is 0. The number of carboxylic acids is 1. The number of rotatable bonds is 4. The molecule has 4 heteroatoms. The molecule has 0 saturated carbocycles. The average Bonchev–Trinajstić information content (AvgIpc) is 2.26. The van der Waals surface area contributed by atoms with E-state index < -0.39 is 5.97 Å². The molecule has 0 aromatic heterocycles. The number of hydrogen-bond donors (Lipinski definition) is 2. The number of methoxy groups -OCH3 is 1. The first-order valence-electron chi connectivity index (χ1n) is 5.22. The lowest BCUT2D eigenvalue weighted by atomic mass is 10.0. The summed E-state index contributed by atoms with van der Waals surface area (Å²) in [7, 11) is 1.49. The van der Waals surface area contributed by atoms with Crippen molar-refractivity contribution >= 4 is 5.97 Å². The summed E-state index contributed by atoms with van der Waals surface area (Å²) in [5.74, 6) is -0.886. The molecule has 92 valence electrons. The van der Waals surface area contributed by atoms with Crippen LogP contribution < -0.4 is 4.74 Å². The van der Waals surface area contributed by atoms with Gasteiger partial charge in [0, 0.05) is 5.56 Å². The summed E-state index contributed by atoms with van der Waals surface area (Å²) in [6.07, 6.45) is 2.35. The van der Waals surface area contributed by atoms with E-state index in [0.717, 1.165) is 5.57 Å². The van der Waals surface area contributed by atoms with Gasteiger partial charge in [-0.2, -0.15) is 0 Å². The van der Waals surface area contributed by atoms with Gasteiger partial charge in [-0.25, -0.2) is 4.79 Å². The van der Waals surface area contributed by atoms with E-state index in [9.17, 15) is 9.90 Å². The van der Waals surface area contributed by atoms with Crippen LogP contribution in [0, 0.1) is 0 Å². The highest BCUT2D eigenvalue weighted by molar-refractivity contribution is 5.91. The van der Waals surface area contributed by atoms with Gasteiger partial charge in [-0.3, -0.25) is 0 Å². The minimum Gasteiger partial charge on any atom is -0.507 e. The monoisotopic (exact) mass is 236 g/mol. The number of aromatic hydroxyl groups is 1. The Hall–Kier alpha value is -1.97. The van der Waals surface area contributed by atoms with Crippen LogP contribution in [0.4, 0.5) is 0 Å². The largest absolute Gasteiger partial charge is 0.507 e. The van der Waals surface area contributed by atoms with Gasteiger partial charge in [-0.1, -0.05) is 11.6 Å². The molecule has 0 saturated heterocycles. The van der Waals surface area contributed by atoms with Gasteiger partial charge in [0.2, 0.25) is 0 Å². The molecule has 2 N–H and O–H groups in total. The zero-order valence-electron chi connectivity index (χ0n) is 10.2. The molecule has 1 rings (SSSR count). The van der Waals surface area contributed by atoms with Crippen LogP contribution >= 0.6 is 0 Å². The molecule has 0 aliphatic rings. The SMILES string of the molecule is COc1ccc(C(=O)O)c(O)c1CC=C(C)C. The standard InChI is InChI=1S/C13H16O4/c1-8(2)4-5-9-11(17-3)7-6-10(12(9)14)13(15)16/h4,6-7,14H,5H2,1-3H3,(H,15,16). The normalized spacial score (nSPS) is 9.82. The number of carbonyl (C=O) groups is 1. The molecule has 17 heavy (non-hydrogen) atoms. The molecule has 4 nitrogen and oxygen atoms in total. The van der Waals surface area contributed by atoms with Crippen molar-refractivity contribution in [3.63, 3.8) is 0 Å². The van der Waals surface area contributed by atoms with Crippen molar-refractivity contribution in [3.05, 3.63) is 34.9 Å². The average molecular weight is 236 g/mol. The Balaban J connectivity index is 3.27. The second-order valence-corrected chi connectivity index (χ2v) is 3.93. The van der Waals surface area contributed by atoms with Crippen LogP contribution in [0.15, 0.2) is 23.8 Å². The maximum atomic E-state index is 10.9. The maximum Gasteiger partial charge on any atom is 0.339 e. The fourth-order valence-corrected chi connectivity index (χ4v) is 1.49. The van der Waals surface area contributed by atoms with Crippen molar-refractivity contribution in [2.75, 3.05) is 7.11 Å². The summed E-state index contributed by atoms with van der Waals surface area (Å²) in [5.41, 5.74) is 1.48. The second kappa shape index (κ2) is 5.39. The highest BCUT2D eigenvalue weighted by atomic mass is 16.5. The van der Waals surface area contributed by atoms with E-state index in [1.165, 1.54) is 13.2 Å². The first kappa shape index (κ1) is 13.1. The summed E-state index contributed by atoms with van der Waals surface area (Å²) in [5, 5.41) is 18.8. The van der Waals surface area contributed by atoms with Crippen molar-refractivity contribution in [2.24, 2.45) is 0 Å². The Morgan fingerprint density at radius 3 is 2.53 bits per heavy atom. The fourth-order valence-electron chi connectivity index (χ4n) is 1.49. The predicted molar refractivity (Wildman–Crippen MR) is 64.8 cm³/mol. The molecular formula is C13H16O4. The van der Waals surface area contributed by atoms with Crippen molar-refractivity contribution in [1.82, 2.24) is 0 Å². The van der Waals surface area contributed by atoms with Crippen LogP contribution in [0.25, 0.3) is 0 Å². The number of phenols is 1. The van der Waals surface area contributed by atoms with E-state index in [0.29, 0.717) is 17.7 Å². The minimum absolute atomic E-state index is 0.108. The number of benzene rings is 1. The summed E-state index contributed by atoms with van der Waals surface area (Å²) in [6, 6.07) is 2.89. The van der Waals surface area contributed by atoms with Gasteiger partial charge in [0.15, 0.2) is 0 Å². The van der Waals surface area contributed by atoms with E-state index in [-0.39, 0.29) is 11.3 Å². The smallest absolute Gasteiger partial charge is 0.339 e. The van der Waals surface area contributed by atoms with Crippen LogP contribution in [-0.2, 0) is 6.42 Å². The number of allylic oxidation sites excluding steroid dienone is 2. The number of hydrogen-bond acceptors (Lipinski definition) is 3. The van der Waals surface area contributed by atoms with Gasteiger partial charge in [-0.15, -0.1) is 0 Å². The zero-order chi connectivity index (χ0) is 13.0. The molecule has 0 bridgehead atoms. The number of carboxylic acid groups (broad SMARTS) is 1. The summed E-state index contributed by atoms with van der Waals surface area (Å²) in [4.78, 5) is 10.9. The van der Waals surface area contributed by atoms with Gasteiger partial charge in [0.1, 0.15) is 17.1 Å². The maximum absolute atomic E-state index is 10.9. The predicted octanol–water partition coefficient (Wildman–Crippen LogP) is 2.61. The molecule has 0 amide bonds. The van der Waals surface area contributed by atoms with E-state index in [1.807, 2.05) is 19.9 Å². The first-order chi connectivity index (χ1) is 7.97. The molecular weight excluding hydrogens is 220 g/mol. The van der Waals surface area contributed by atoms with E-state index in [2.05, 4.69) is 0 Å². The number of ether oxygens (including phenoxy) is 1. The van der Waals surface area contributed by atoms with Gasteiger partial charge in [0.05, 0.1) is 7.11 Å². The molecule has 1 aromatic rings. The topological polar surface area (TPSA) is 66.8 Å². The highest BCUT2D eigenvalue weighted by Gasteiger charge is 2.16. The Labute approximate surface area is 100 Å². The molecule has 0 aliphatic heterocycles. The second-order valence-electron chi connectivity index (χ2n) is 3.93. The molecule has 0 aliphatic carbocycles. The third-order valence-corrected chi connectivity index (χ3v) is 2.40. The van der Waals surface area contributed by atoms with Crippen LogP contribution in [0.5, 0.6) is 11.5 Å². The van der Waals surface area contributed by atoms with Crippen LogP contribution in [-0.4, -0.2) is 23.3 Å². The van der Waals surface area contributed by atoms with Crippen LogP contribution in [0.2, 0.25) is 0 Å². The Bertz CT molecular complexity index is 457. The van der Waals surface area contributed by atoms with Crippen molar-refractivity contribution < 1.29 is 19.7 Å². The van der Waals surface area contributed by atoms with E-state index >= 15 is 0 Å². The van der Waals surface area contributed by atoms with Crippen LogP contribution in [0.3, 0.4) is 0 Å². The quantitative estimate of drug-likeness (QED) is 0.788. The van der Waals surface area contributed by atoms with E-state index in [4.69, 9.17) is 9.84 Å². The van der Waals surface area contributed by atoms with Crippen LogP contribution in [0.1, 0.15) is 29.8 Å². The highest BCUT2D eigenvalue weighted by Crippen LogP contribution is 2.32. The Morgan fingerprint density at radius 1 is 1.41 bits per heavy atom. The van der Waals surface area contributed by atoms with Gasteiger partial charge < -0.3 is 14.9 Å². The minimum atomic E-state index is -1.15. The molecule has 0 unspecified atom stereocenters. The number of aromatic carboxylic acids is 1. The lowest BCUT2D eigenvalue weighted by Gasteiger charge is -2.11. The van der Waals surface area contributed by atoms with Gasteiger partial charge in [0.25, 0.3) is 0 Å². The molecule has 0 atom stereocenters. The van der Waals surface area contributed by atoms with Crippen molar-refractivity contribution in [2.45, 2.75) is 20.3 Å². The summed E-state index contributed by atoms with van der Waals surface area (Å²) < 4.78 is 5.11. The lowest BCUT2D eigenvalue weighted by Crippen LogP contribution is -2.01.